The van der Waals surface area contributed by atoms with Gasteiger partial charge in [-0.15, -0.1) is 0 Å². The average Bonchev–Trinajstić information content (AvgIpc) is 3.11. The Kier molecular flexibility index (Phi) is 7.00. The van der Waals surface area contributed by atoms with Crippen LogP contribution >= 0.6 is 0 Å². The van der Waals surface area contributed by atoms with Crippen molar-refractivity contribution in [3.8, 4) is 0 Å². The maximum absolute atomic E-state index is 15.8. The maximum atomic E-state index is 15.8. The first kappa shape index (κ1) is 24.7. The van der Waals surface area contributed by atoms with Crippen molar-refractivity contribution in [3.05, 3.63) is 11.4 Å². The molecule has 186 valence electrons. The van der Waals surface area contributed by atoms with Crippen molar-refractivity contribution in [2.45, 2.75) is 104 Å². The van der Waals surface area contributed by atoms with E-state index in [1.807, 2.05) is 0 Å². The largest absolute Gasteiger partial charge is 0.469 e. The fourth-order valence-electron chi connectivity index (χ4n) is 8.69. The van der Waals surface area contributed by atoms with Crippen molar-refractivity contribution in [2.24, 2.45) is 40.4 Å². The molecule has 5 heteroatoms. The van der Waals surface area contributed by atoms with E-state index in [4.69, 9.17) is 9.47 Å². The number of fused-ring (bicyclic) bond motifs is 5. The molecule has 0 heterocycles. The van der Waals surface area contributed by atoms with Crippen LogP contribution in [0.2, 0.25) is 0 Å². The second kappa shape index (κ2) is 9.34. The summed E-state index contributed by atoms with van der Waals surface area (Å²) in [5.41, 5.74) is 1.44. The summed E-state index contributed by atoms with van der Waals surface area (Å²) in [5.74, 6) is 1.89. The molecule has 8 atom stereocenters. The minimum atomic E-state index is -0.220. The van der Waals surface area contributed by atoms with Crippen molar-refractivity contribution in [1.29, 1.82) is 0 Å². The van der Waals surface area contributed by atoms with Gasteiger partial charge in [-0.05, 0) is 104 Å². The third-order valence-corrected chi connectivity index (χ3v) is 10.4. The average molecular weight is 463 g/mol. The van der Waals surface area contributed by atoms with Crippen LogP contribution in [-0.2, 0) is 19.1 Å². The van der Waals surface area contributed by atoms with Crippen LogP contribution in [0.5, 0.6) is 0 Å². The molecule has 0 aromatic heterocycles. The normalized spacial score (nSPS) is 41.0. The Labute approximate surface area is 199 Å². The number of allylic oxidation sites excluding steroid dienone is 2. The third kappa shape index (κ3) is 4.38. The highest BCUT2D eigenvalue weighted by atomic mass is 19.1. The molecule has 0 N–H and O–H groups in total. The Bertz CT molecular complexity index is 806. The van der Waals surface area contributed by atoms with Gasteiger partial charge in [0.05, 0.1) is 7.11 Å². The van der Waals surface area contributed by atoms with Gasteiger partial charge in [0.2, 0.25) is 0 Å². The summed E-state index contributed by atoms with van der Waals surface area (Å²) >= 11 is 0. The molecule has 4 aliphatic carbocycles. The van der Waals surface area contributed by atoms with Gasteiger partial charge in [-0.3, -0.25) is 9.59 Å². The summed E-state index contributed by atoms with van der Waals surface area (Å²) in [6.45, 7) is 8.63. The number of rotatable bonds is 6. The summed E-state index contributed by atoms with van der Waals surface area (Å²) in [7, 11) is 1.45. The second-order valence-electron chi connectivity index (χ2n) is 12.1. The highest BCUT2D eigenvalue weighted by molar-refractivity contribution is 5.69. The van der Waals surface area contributed by atoms with E-state index in [9.17, 15) is 9.59 Å². The summed E-state index contributed by atoms with van der Waals surface area (Å²) in [6.07, 6.45) is 10.1. The van der Waals surface area contributed by atoms with Gasteiger partial charge >= 0.3 is 11.9 Å². The number of methoxy groups -OCH3 is 1. The SMILES string of the molecule is COC(=O)CCC[C@@H](C)[C@H]1CC[C@H]2C3=C(F)C[C@H]4C[C@@H](OC(C)=O)CC[C@]4(C)[C@@H]3CC[C@]12C. The first-order valence-corrected chi connectivity index (χ1v) is 13.2. The van der Waals surface area contributed by atoms with Crippen LogP contribution in [0.4, 0.5) is 4.39 Å². The molecule has 0 radical (unpaired) electrons. The van der Waals surface area contributed by atoms with E-state index >= 15 is 4.39 Å². The maximum Gasteiger partial charge on any atom is 0.305 e. The Morgan fingerprint density at radius 3 is 2.48 bits per heavy atom. The molecule has 0 spiro atoms. The van der Waals surface area contributed by atoms with E-state index < -0.39 is 0 Å². The molecule has 4 aliphatic rings. The number of hydrogen-bond acceptors (Lipinski definition) is 4. The zero-order valence-electron chi connectivity index (χ0n) is 21.3. The molecular formula is C28H43FO4. The number of carbonyl (C=O) groups is 2. The van der Waals surface area contributed by atoms with E-state index in [2.05, 4.69) is 20.8 Å². The molecule has 0 bridgehead atoms. The summed E-state index contributed by atoms with van der Waals surface area (Å²) < 4.78 is 26.2. The predicted octanol–water partition coefficient (Wildman–Crippen LogP) is 6.77. The standard InChI is InChI=1S/C28H43FO4/c1-17(7-6-8-25(31)32-5)21-9-10-22-26-23(12-14-28(21,22)4)27(3)13-11-20(33-18(2)30)15-19(27)16-24(26)29/h17,19-23H,6-16H2,1-5H3/t17-,19-,20+,21-,22+,23-,27+,28-/m1/s1. The minimum absolute atomic E-state index is 0.0505. The highest BCUT2D eigenvalue weighted by Gasteiger charge is 2.60. The summed E-state index contributed by atoms with van der Waals surface area (Å²) in [6, 6.07) is 0. The summed E-state index contributed by atoms with van der Waals surface area (Å²) in [5, 5.41) is 0. The van der Waals surface area contributed by atoms with Crippen LogP contribution in [0.25, 0.3) is 0 Å². The van der Waals surface area contributed by atoms with E-state index in [1.54, 1.807) is 0 Å². The van der Waals surface area contributed by atoms with E-state index in [-0.39, 0.29) is 40.6 Å². The van der Waals surface area contributed by atoms with Crippen molar-refractivity contribution in [3.63, 3.8) is 0 Å². The Morgan fingerprint density at radius 2 is 1.79 bits per heavy atom. The molecule has 0 saturated heterocycles. The van der Waals surface area contributed by atoms with Crippen molar-refractivity contribution in [1.82, 2.24) is 0 Å². The van der Waals surface area contributed by atoms with E-state index in [1.165, 1.54) is 26.9 Å². The molecule has 0 amide bonds. The van der Waals surface area contributed by atoms with Gasteiger partial charge in [0.15, 0.2) is 0 Å². The zero-order chi connectivity index (χ0) is 24.0. The lowest BCUT2D eigenvalue weighted by Crippen LogP contribution is -2.51. The van der Waals surface area contributed by atoms with Crippen LogP contribution in [0, 0.1) is 40.4 Å². The van der Waals surface area contributed by atoms with Gasteiger partial charge in [0.25, 0.3) is 0 Å². The fraction of sp³-hybridized carbons (Fsp3) is 0.857. The summed E-state index contributed by atoms with van der Waals surface area (Å²) in [4.78, 5) is 23.0. The van der Waals surface area contributed by atoms with Gasteiger partial charge in [0.1, 0.15) is 11.9 Å². The zero-order valence-corrected chi connectivity index (χ0v) is 21.3. The van der Waals surface area contributed by atoms with E-state index in [0.717, 1.165) is 50.5 Å². The monoisotopic (exact) mass is 462 g/mol. The molecule has 4 rings (SSSR count). The lowest BCUT2D eigenvalue weighted by Gasteiger charge is -2.58. The van der Waals surface area contributed by atoms with Crippen LogP contribution < -0.4 is 0 Å². The van der Waals surface area contributed by atoms with Gasteiger partial charge in [0, 0.05) is 19.8 Å². The van der Waals surface area contributed by atoms with Gasteiger partial charge in [-0.2, -0.15) is 0 Å². The predicted molar refractivity (Wildman–Crippen MR) is 126 cm³/mol. The Morgan fingerprint density at radius 1 is 1.09 bits per heavy atom. The Hall–Kier alpha value is -1.39. The molecule has 0 aromatic carbocycles. The molecule has 0 aromatic rings. The topological polar surface area (TPSA) is 52.6 Å². The van der Waals surface area contributed by atoms with Crippen molar-refractivity contribution >= 4 is 11.9 Å². The number of hydrogen-bond donors (Lipinski definition) is 0. The second-order valence-corrected chi connectivity index (χ2v) is 12.1. The number of carbonyl (C=O) groups excluding carboxylic acids is 2. The van der Waals surface area contributed by atoms with Crippen LogP contribution in [-0.4, -0.2) is 25.2 Å². The van der Waals surface area contributed by atoms with Gasteiger partial charge in [-0.1, -0.05) is 20.8 Å². The number of ether oxygens (including phenoxy) is 2. The third-order valence-electron chi connectivity index (χ3n) is 10.4. The van der Waals surface area contributed by atoms with E-state index in [0.29, 0.717) is 36.5 Å². The Balaban J connectivity index is 1.50. The number of halogens is 1. The molecule has 33 heavy (non-hydrogen) atoms. The van der Waals surface area contributed by atoms with Crippen LogP contribution in [0.15, 0.2) is 11.4 Å². The minimum Gasteiger partial charge on any atom is -0.469 e. The van der Waals surface area contributed by atoms with Crippen molar-refractivity contribution < 1.29 is 23.5 Å². The quantitative estimate of drug-likeness (QED) is 0.409. The molecule has 0 unspecified atom stereocenters. The number of esters is 2. The van der Waals surface area contributed by atoms with Gasteiger partial charge < -0.3 is 9.47 Å². The first-order valence-electron chi connectivity index (χ1n) is 13.2. The molecule has 0 aliphatic heterocycles. The van der Waals surface area contributed by atoms with Crippen molar-refractivity contribution in [2.75, 3.05) is 7.11 Å². The molecule has 3 fully saturated rings. The van der Waals surface area contributed by atoms with Gasteiger partial charge in [-0.25, -0.2) is 4.39 Å². The van der Waals surface area contributed by atoms with Crippen LogP contribution in [0.1, 0.15) is 98.3 Å². The lowest BCUT2D eigenvalue weighted by atomic mass is 9.47. The van der Waals surface area contributed by atoms with Crippen LogP contribution in [0.3, 0.4) is 0 Å². The smallest absolute Gasteiger partial charge is 0.305 e. The highest BCUT2D eigenvalue weighted by Crippen LogP contribution is 2.68. The molecular weight excluding hydrogens is 419 g/mol. The molecule has 3 saturated carbocycles. The fourth-order valence-corrected chi connectivity index (χ4v) is 8.69. The first-order chi connectivity index (χ1) is 15.6. The molecule has 4 nitrogen and oxygen atoms in total. The lowest BCUT2D eigenvalue weighted by molar-refractivity contribution is -0.152.